The maximum Gasteiger partial charge on any atom is 0.246 e. The molecule has 1 atom stereocenters. The standard InChI is InChI=1S/C14H17NO3S/c1-9(14(15)16)18-5-3-10-7-11-4-6-19-13(11)8-12(10)17-2/h4,6-9H,3,5H2,1-2H3,(H2,15,16). The molecule has 0 spiro atoms. The number of carbonyl (C=O) groups is 1. The van der Waals surface area contributed by atoms with Crippen molar-refractivity contribution in [3.63, 3.8) is 0 Å². The Morgan fingerprint density at radius 1 is 1.47 bits per heavy atom. The van der Waals surface area contributed by atoms with Crippen molar-refractivity contribution in [1.82, 2.24) is 0 Å². The Balaban J connectivity index is 2.08. The van der Waals surface area contributed by atoms with Crippen molar-refractivity contribution in [1.29, 1.82) is 0 Å². The lowest BCUT2D eigenvalue weighted by molar-refractivity contribution is -0.128. The molecular formula is C14H17NO3S. The minimum absolute atomic E-state index is 0.441. The maximum atomic E-state index is 10.9. The van der Waals surface area contributed by atoms with E-state index < -0.39 is 12.0 Å². The van der Waals surface area contributed by atoms with E-state index in [0.717, 1.165) is 11.3 Å². The smallest absolute Gasteiger partial charge is 0.246 e. The van der Waals surface area contributed by atoms with E-state index in [-0.39, 0.29) is 0 Å². The third-order valence-corrected chi connectivity index (χ3v) is 3.88. The van der Waals surface area contributed by atoms with Crippen LogP contribution in [0.2, 0.25) is 0 Å². The number of hydrogen-bond donors (Lipinski definition) is 1. The van der Waals surface area contributed by atoms with Crippen LogP contribution in [0.4, 0.5) is 0 Å². The fourth-order valence-electron chi connectivity index (χ4n) is 1.85. The molecule has 0 bridgehead atoms. The third kappa shape index (κ3) is 3.24. The number of hydrogen-bond acceptors (Lipinski definition) is 4. The molecule has 4 nitrogen and oxygen atoms in total. The van der Waals surface area contributed by atoms with Gasteiger partial charge in [-0.1, -0.05) is 0 Å². The van der Waals surface area contributed by atoms with Gasteiger partial charge in [-0.2, -0.15) is 0 Å². The van der Waals surface area contributed by atoms with Crippen molar-refractivity contribution in [2.45, 2.75) is 19.4 Å². The van der Waals surface area contributed by atoms with Crippen LogP contribution in [0.1, 0.15) is 12.5 Å². The molecule has 1 aromatic carbocycles. The van der Waals surface area contributed by atoms with Crippen LogP contribution in [-0.4, -0.2) is 25.7 Å². The number of nitrogens with two attached hydrogens (primary N) is 1. The van der Waals surface area contributed by atoms with Crippen LogP contribution in [0.25, 0.3) is 10.1 Å². The molecule has 0 saturated carbocycles. The first-order valence-corrected chi connectivity index (χ1v) is 6.95. The van der Waals surface area contributed by atoms with Crippen LogP contribution in [0.5, 0.6) is 5.75 Å². The summed E-state index contributed by atoms with van der Waals surface area (Å²) >= 11 is 1.69. The van der Waals surface area contributed by atoms with E-state index >= 15 is 0 Å². The van der Waals surface area contributed by atoms with Crippen LogP contribution in [0, 0.1) is 0 Å². The number of amides is 1. The minimum Gasteiger partial charge on any atom is -0.496 e. The predicted molar refractivity (Wildman–Crippen MR) is 76.7 cm³/mol. The number of methoxy groups -OCH3 is 1. The molecule has 0 saturated heterocycles. The number of primary amides is 1. The molecule has 2 N–H and O–H groups in total. The first-order chi connectivity index (χ1) is 9.11. The SMILES string of the molecule is COc1cc2sccc2cc1CCOC(C)C(N)=O. The van der Waals surface area contributed by atoms with Gasteiger partial charge in [-0.15, -0.1) is 11.3 Å². The first kappa shape index (κ1) is 13.8. The van der Waals surface area contributed by atoms with Gasteiger partial charge < -0.3 is 15.2 Å². The van der Waals surface area contributed by atoms with Crippen molar-refractivity contribution >= 4 is 27.3 Å². The lowest BCUT2D eigenvalue weighted by Gasteiger charge is -2.11. The summed E-state index contributed by atoms with van der Waals surface area (Å²) in [4.78, 5) is 10.9. The van der Waals surface area contributed by atoms with Crippen molar-refractivity contribution in [2.24, 2.45) is 5.73 Å². The van der Waals surface area contributed by atoms with Gasteiger partial charge in [-0.25, -0.2) is 0 Å². The maximum absolute atomic E-state index is 10.9. The predicted octanol–water partition coefficient (Wildman–Crippen LogP) is 2.34. The Bertz CT molecular complexity index is 579. The second-order valence-electron chi connectivity index (χ2n) is 4.29. The minimum atomic E-state index is -0.559. The molecule has 5 heteroatoms. The van der Waals surface area contributed by atoms with E-state index in [0.29, 0.717) is 13.0 Å². The average molecular weight is 279 g/mol. The van der Waals surface area contributed by atoms with Crippen molar-refractivity contribution in [3.8, 4) is 5.75 Å². The molecule has 102 valence electrons. The van der Waals surface area contributed by atoms with Crippen molar-refractivity contribution in [2.75, 3.05) is 13.7 Å². The number of ether oxygens (including phenoxy) is 2. The van der Waals surface area contributed by atoms with Gasteiger partial charge in [0, 0.05) is 4.70 Å². The van der Waals surface area contributed by atoms with E-state index in [2.05, 4.69) is 17.5 Å². The molecule has 0 radical (unpaired) electrons. The van der Waals surface area contributed by atoms with Gasteiger partial charge in [0.2, 0.25) is 5.91 Å². The largest absolute Gasteiger partial charge is 0.496 e. The van der Waals surface area contributed by atoms with Gasteiger partial charge in [0.25, 0.3) is 0 Å². The van der Waals surface area contributed by atoms with E-state index in [1.807, 2.05) is 6.07 Å². The molecule has 0 aliphatic carbocycles. The molecule has 1 aromatic heterocycles. The summed E-state index contributed by atoms with van der Waals surface area (Å²) in [6, 6.07) is 6.21. The van der Waals surface area contributed by atoms with E-state index in [4.69, 9.17) is 15.2 Å². The molecule has 0 aliphatic heterocycles. The quantitative estimate of drug-likeness (QED) is 0.883. The first-order valence-electron chi connectivity index (χ1n) is 6.07. The topological polar surface area (TPSA) is 61.6 Å². The van der Waals surface area contributed by atoms with Gasteiger partial charge in [-0.3, -0.25) is 4.79 Å². The number of carbonyl (C=O) groups excluding carboxylic acids is 1. The van der Waals surface area contributed by atoms with Gasteiger partial charge in [-0.05, 0) is 47.9 Å². The summed E-state index contributed by atoms with van der Waals surface area (Å²) in [6.45, 7) is 2.09. The average Bonchev–Trinajstić information content (AvgIpc) is 2.84. The Morgan fingerprint density at radius 3 is 2.95 bits per heavy atom. The van der Waals surface area contributed by atoms with Crippen LogP contribution in [0.3, 0.4) is 0 Å². The highest BCUT2D eigenvalue weighted by atomic mass is 32.1. The normalized spacial score (nSPS) is 12.5. The fourth-order valence-corrected chi connectivity index (χ4v) is 2.65. The molecule has 2 rings (SSSR count). The summed E-state index contributed by atoms with van der Waals surface area (Å²) < 4.78 is 12.0. The summed E-state index contributed by atoms with van der Waals surface area (Å²) in [5.74, 6) is 0.408. The summed E-state index contributed by atoms with van der Waals surface area (Å²) in [6.07, 6.45) is 0.128. The lowest BCUT2D eigenvalue weighted by Crippen LogP contribution is -2.28. The number of thiophene rings is 1. The molecule has 1 amide bonds. The second kappa shape index (κ2) is 6.04. The number of rotatable bonds is 6. The zero-order valence-electron chi connectivity index (χ0n) is 11.0. The molecule has 0 aliphatic rings. The van der Waals surface area contributed by atoms with Crippen LogP contribution in [-0.2, 0) is 16.0 Å². The van der Waals surface area contributed by atoms with E-state index in [1.165, 1.54) is 10.1 Å². The molecule has 0 fully saturated rings. The van der Waals surface area contributed by atoms with Gasteiger partial charge in [0.15, 0.2) is 0 Å². The third-order valence-electron chi connectivity index (χ3n) is 3.00. The van der Waals surface area contributed by atoms with Crippen molar-refractivity contribution < 1.29 is 14.3 Å². The highest BCUT2D eigenvalue weighted by Crippen LogP contribution is 2.29. The van der Waals surface area contributed by atoms with Crippen LogP contribution >= 0.6 is 11.3 Å². The zero-order chi connectivity index (χ0) is 13.8. The molecule has 2 aromatic rings. The van der Waals surface area contributed by atoms with E-state index in [1.54, 1.807) is 25.4 Å². The highest BCUT2D eigenvalue weighted by Gasteiger charge is 2.10. The lowest BCUT2D eigenvalue weighted by atomic mass is 10.1. The van der Waals surface area contributed by atoms with Crippen LogP contribution in [0.15, 0.2) is 23.6 Å². The Morgan fingerprint density at radius 2 is 2.26 bits per heavy atom. The molecule has 1 heterocycles. The summed E-state index contributed by atoms with van der Waals surface area (Å²) in [7, 11) is 1.66. The Hall–Kier alpha value is -1.59. The Kier molecular flexibility index (Phi) is 4.39. The number of fused-ring (bicyclic) bond motifs is 1. The monoisotopic (exact) mass is 279 g/mol. The zero-order valence-corrected chi connectivity index (χ0v) is 11.8. The van der Waals surface area contributed by atoms with Gasteiger partial charge in [0.1, 0.15) is 11.9 Å². The van der Waals surface area contributed by atoms with Crippen LogP contribution < -0.4 is 10.5 Å². The van der Waals surface area contributed by atoms with Gasteiger partial charge >= 0.3 is 0 Å². The summed E-state index contributed by atoms with van der Waals surface area (Å²) in [5.41, 5.74) is 6.22. The fraction of sp³-hybridized carbons (Fsp3) is 0.357. The molecule has 1 unspecified atom stereocenters. The molecule has 19 heavy (non-hydrogen) atoms. The highest BCUT2D eigenvalue weighted by molar-refractivity contribution is 7.17. The summed E-state index contributed by atoms with van der Waals surface area (Å²) in [5, 5.41) is 3.25. The Labute approximate surface area is 116 Å². The van der Waals surface area contributed by atoms with Gasteiger partial charge in [0.05, 0.1) is 13.7 Å². The molecular weight excluding hydrogens is 262 g/mol. The number of benzene rings is 1. The van der Waals surface area contributed by atoms with E-state index in [9.17, 15) is 4.79 Å². The second-order valence-corrected chi connectivity index (χ2v) is 5.24. The van der Waals surface area contributed by atoms with Crippen molar-refractivity contribution in [3.05, 3.63) is 29.1 Å².